The molecule has 12 heavy (non-hydrogen) atoms. The molecule has 0 bridgehead atoms. The van der Waals surface area contributed by atoms with Crippen molar-refractivity contribution in [1.29, 1.82) is 0 Å². The van der Waals surface area contributed by atoms with Crippen LogP contribution in [0.4, 0.5) is 5.69 Å². The standard InChI is InChI=1S/C9H15NOS/c11-6-3-1-2-5-10-9-4-7-12-8-9/h4,7-8,10-11H,1-3,5-6H2. The van der Waals surface area contributed by atoms with Crippen molar-refractivity contribution >= 4 is 17.0 Å². The molecule has 0 saturated carbocycles. The first kappa shape index (κ1) is 9.55. The van der Waals surface area contributed by atoms with E-state index in [2.05, 4.69) is 22.1 Å². The number of rotatable bonds is 6. The summed E-state index contributed by atoms with van der Waals surface area (Å²) in [6, 6.07) is 2.08. The number of thiophene rings is 1. The topological polar surface area (TPSA) is 32.3 Å². The van der Waals surface area contributed by atoms with Gasteiger partial charge in [0.1, 0.15) is 0 Å². The lowest BCUT2D eigenvalue weighted by molar-refractivity contribution is 0.283. The van der Waals surface area contributed by atoms with Crippen molar-refractivity contribution in [2.75, 3.05) is 18.5 Å². The van der Waals surface area contributed by atoms with Crippen LogP contribution in [-0.4, -0.2) is 18.3 Å². The summed E-state index contributed by atoms with van der Waals surface area (Å²) in [5, 5.41) is 16.0. The Balaban J connectivity index is 1.96. The molecule has 68 valence electrons. The second kappa shape index (κ2) is 6.03. The fourth-order valence-electron chi connectivity index (χ4n) is 1.01. The maximum Gasteiger partial charge on any atom is 0.0448 e. The van der Waals surface area contributed by atoms with Gasteiger partial charge in [-0.25, -0.2) is 0 Å². The van der Waals surface area contributed by atoms with E-state index in [1.54, 1.807) is 11.3 Å². The number of anilines is 1. The Kier molecular flexibility index (Phi) is 4.80. The van der Waals surface area contributed by atoms with E-state index in [4.69, 9.17) is 5.11 Å². The number of hydrogen-bond acceptors (Lipinski definition) is 3. The average molecular weight is 185 g/mol. The summed E-state index contributed by atoms with van der Waals surface area (Å²) in [4.78, 5) is 0. The second-order valence-corrected chi connectivity index (χ2v) is 3.50. The van der Waals surface area contributed by atoms with Crippen LogP contribution in [0.25, 0.3) is 0 Å². The summed E-state index contributed by atoms with van der Waals surface area (Å²) >= 11 is 1.71. The van der Waals surface area contributed by atoms with Gasteiger partial charge in [-0.15, -0.1) is 0 Å². The van der Waals surface area contributed by atoms with Crippen LogP contribution in [-0.2, 0) is 0 Å². The zero-order chi connectivity index (χ0) is 8.65. The Labute approximate surface area is 77.2 Å². The highest BCUT2D eigenvalue weighted by molar-refractivity contribution is 7.08. The number of hydrogen-bond donors (Lipinski definition) is 2. The zero-order valence-electron chi connectivity index (χ0n) is 7.12. The van der Waals surface area contributed by atoms with Gasteiger partial charge in [0.05, 0.1) is 0 Å². The molecule has 0 aliphatic heterocycles. The fraction of sp³-hybridized carbons (Fsp3) is 0.556. The molecule has 2 N–H and O–H groups in total. The molecule has 0 fully saturated rings. The predicted molar refractivity (Wildman–Crippen MR) is 53.7 cm³/mol. The Morgan fingerprint density at radius 2 is 2.25 bits per heavy atom. The van der Waals surface area contributed by atoms with Gasteiger partial charge in [0, 0.05) is 24.2 Å². The van der Waals surface area contributed by atoms with Crippen molar-refractivity contribution in [2.24, 2.45) is 0 Å². The van der Waals surface area contributed by atoms with E-state index in [-0.39, 0.29) is 0 Å². The van der Waals surface area contributed by atoms with E-state index >= 15 is 0 Å². The largest absolute Gasteiger partial charge is 0.396 e. The van der Waals surface area contributed by atoms with E-state index in [0.29, 0.717) is 6.61 Å². The average Bonchev–Trinajstić information content (AvgIpc) is 2.57. The quantitative estimate of drug-likeness (QED) is 0.667. The number of unbranched alkanes of at least 4 members (excludes halogenated alkanes) is 2. The number of nitrogens with one attached hydrogen (secondary N) is 1. The lowest BCUT2D eigenvalue weighted by Gasteiger charge is -2.01. The molecule has 0 aromatic carbocycles. The molecule has 1 aromatic rings. The van der Waals surface area contributed by atoms with Crippen molar-refractivity contribution in [3.63, 3.8) is 0 Å². The van der Waals surface area contributed by atoms with Crippen molar-refractivity contribution < 1.29 is 5.11 Å². The van der Waals surface area contributed by atoms with Crippen LogP contribution in [0, 0.1) is 0 Å². The molecule has 1 heterocycles. The fourth-order valence-corrected chi connectivity index (χ4v) is 1.62. The van der Waals surface area contributed by atoms with Crippen LogP contribution in [0.3, 0.4) is 0 Å². The van der Waals surface area contributed by atoms with Crippen molar-refractivity contribution in [2.45, 2.75) is 19.3 Å². The molecule has 3 heteroatoms. The summed E-state index contributed by atoms with van der Waals surface area (Å²) < 4.78 is 0. The lowest BCUT2D eigenvalue weighted by atomic mass is 10.2. The molecule has 0 radical (unpaired) electrons. The van der Waals surface area contributed by atoms with Gasteiger partial charge in [0.2, 0.25) is 0 Å². The SMILES string of the molecule is OCCCCCNc1ccsc1. The van der Waals surface area contributed by atoms with Crippen LogP contribution in [0.5, 0.6) is 0 Å². The molecular formula is C9H15NOS. The first-order chi connectivity index (χ1) is 5.93. The van der Waals surface area contributed by atoms with Gasteiger partial charge >= 0.3 is 0 Å². The van der Waals surface area contributed by atoms with E-state index in [1.807, 2.05) is 0 Å². The number of aliphatic hydroxyl groups excluding tert-OH is 1. The van der Waals surface area contributed by atoms with E-state index in [0.717, 1.165) is 25.8 Å². The second-order valence-electron chi connectivity index (χ2n) is 2.72. The van der Waals surface area contributed by atoms with Gasteiger partial charge in [0.15, 0.2) is 0 Å². The number of aliphatic hydroxyl groups is 1. The molecule has 1 aromatic heterocycles. The van der Waals surface area contributed by atoms with Crippen LogP contribution in [0.2, 0.25) is 0 Å². The molecule has 2 nitrogen and oxygen atoms in total. The maximum atomic E-state index is 8.53. The normalized spacial score (nSPS) is 10.1. The molecule has 0 aliphatic carbocycles. The summed E-state index contributed by atoms with van der Waals surface area (Å²) in [5.74, 6) is 0. The van der Waals surface area contributed by atoms with Gasteiger partial charge in [-0.1, -0.05) is 0 Å². The van der Waals surface area contributed by atoms with E-state index in [9.17, 15) is 0 Å². The van der Waals surface area contributed by atoms with Gasteiger partial charge in [0.25, 0.3) is 0 Å². The molecule has 0 aliphatic rings. The summed E-state index contributed by atoms with van der Waals surface area (Å²) in [7, 11) is 0. The van der Waals surface area contributed by atoms with Crippen molar-refractivity contribution in [1.82, 2.24) is 0 Å². The van der Waals surface area contributed by atoms with Gasteiger partial charge in [-0.2, -0.15) is 11.3 Å². The minimum Gasteiger partial charge on any atom is -0.396 e. The minimum absolute atomic E-state index is 0.318. The molecule has 0 atom stereocenters. The summed E-state index contributed by atoms with van der Waals surface area (Å²) in [5.41, 5.74) is 1.21. The third-order valence-corrected chi connectivity index (χ3v) is 2.37. The van der Waals surface area contributed by atoms with E-state index in [1.165, 1.54) is 5.69 Å². The first-order valence-corrected chi connectivity index (χ1v) is 5.24. The van der Waals surface area contributed by atoms with Gasteiger partial charge in [-0.3, -0.25) is 0 Å². The Hall–Kier alpha value is -0.540. The molecule has 0 saturated heterocycles. The smallest absolute Gasteiger partial charge is 0.0448 e. The van der Waals surface area contributed by atoms with Crippen LogP contribution in [0.15, 0.2) is 16.8 Å². The van der Waals surface area contributed by atoms with Crippen LogP contribution in [0.1, 0.15) is 19.3 Å². The zero-order valence-corrected chi connectivity index (χ0v) is 7.94. The third-order valence-electron chi connectivity index (χ3n) is 1.69. The monoisotopic (exact) mass is 185 g/mol. The molecule has 0 amide bonds. The van der Waals surface area contributed by atoms with Gasteiger partial charge < -0.3 is 10.4 Å². The van der Waals surface area contributed by atoms with Gasteiger partial charge in [-0.05, 0) is 30.7 Å². The highest BCUT2D eigenvalue weighted by Crippen LogP contribution is 2.11. The summed E-state index contributed by atoms with van der Waals surface area (Å²) in [6.45, 7) is 1.33. The Morgan fingerprint density at radius 3 is 2.92 bits per heavy atom. The Bertz CT molecular complexity index is 186. The molecule has 0 spiro atoms. The van der Waals surface area contributed by atoms with Crippen molar-refractivity contribution in [3.05, 3.63) is 16.8 Å². The highest BCUT2D eigenvalue weighted by atomic mass is 32.1. The van der Waals surface area contributed by atoms with Crippen LogP contribution >= 0.6 is 11.3 Å². The third kappa shape index (κ3) is 3.74. The van der Waals surface area contributed by atoms with Crippen molar-refractivity contribution in [3.8, 4) is 0 Å². The predicted octanol–water partition coefficient (Wildman–Crippen LogP) is 2.32. The lowest BCUT2D eigenvalue weighted by Crippen LogP contribution is -2.00. The summed E-state index contributed by atoms with van der Waals surface area (Å²) in [6.07, 6.45) is 3.16. The van der Waals surface area contributed by atoms with Crippen LogP contribution < -0.4 is 5.32 Å². The first-order valence-electron chi connectivity index (χ1n) is 4.30. The molecule has 1 rings (SSSR count). The molecule has 0 unspecified atom stereocenters. The highest BCUT2D eigenvalue weighted by Gasteiger charge is 1.90. The Morgan fingerprint density at radius 1 is 1.33 bits per heavy atom. The minimum atomic E-state index is 0.318. The van der Waals surface area contributed by atoms with E-state index < -0.39 is 0 Å². The maximum absolute atomic E-state index is 8.53. The molecular weight excluding hydrogens is 170 g/mol.